The molecule has 1 aliphatic rings. The van der Waals surface area contributed by atoms with Crippen molar-refractivity contribution in [2.24, 2.45) is 7.05 Å². The van der Waals surface area contributed by atoms with Gasteiger partial charge in [0.2, 0.25) is 0 Å². The Labute approximate surface area is 133 Å². The van der Waals surface area contributed by atoms with Gasteiger partial charge in [-0.3, -0.25) is 14.0 Å². The van der Waals surface area contributed by atoms with Gasteiger partial charge in [0.1, 0.15) is 11.3 Å². The van der Waals surface area contributed by atoms with E-state index in [4.69, 9.17) is 0 Å². The van der Waals surface area contributed by atoms with E-state index in [1.807, 2.05) is 6.92 Å². The molecular weight excluding hydrogens is 292 g/mol. The van der Waals surface area contributed by atoms with Gasteiger partial charge in [-0.25, -0.2) is 15.0 Å². The number of hydrogen-bond donors (Lipinski definition) is 0. The van der Waals surface area contributed by atoms with Crippen LogP contribution in [0.4, 0.5) is 0 Å². The van der Waals surface area contributed by atoms with Crippen LogP contribution in [0, 0.1) is 6.92 Å². The first kappa shape index (κ1) is 14.0. The van der Waals surface area contributed by atoms with Crippen molar-refractivity contribution in [1.29, 1.82) is 0 Å². The molecule has 4 rings (SSSR count). The van der Waals surface area contributed by atoms with E-state index in [0.717, 1.165) is 24.2 Å². The van der Waals surface area contributed by atoms with Crippen LogP contribution in [0.2, 0.25) is 0 Å². The van der Waals surface area contributed by atoms with Gasteiger partial charge in [-0.15, -0.1) is 0 Å². The van der Waals surface area contributed by atoms with Crippen molar-refractivity contribution in [3.05, 3.63) is 45.7 Å². The van der Waals surface area contributed by atoms with Gasteiger partial charge in [0, 0.05) is 18.4 Å². The Hall–Kier alpha value is -2.57. The zero-order valence-corrected chi connectivity index (χ0v) is 13.3. The highest BCUT2D eigenvalue weighted by Crippen LogP contribution is 2.21. The molecular formula is C16H18N6O. The van der Waals surface area contributed by atoms with Crippen LogP contribution >= 0.6 is 0 Å². The first-order valence-corrected chi connectivity index (χ1v) is 7.86. The van der Waals surface area contributed by atoms with Crippen molar-refractivity contribution in [1.82, 2.24) is 29.3 Å². The lowest BCUT2D eigenvalue weighted by molar-refractivity contribution is 0.631. The van der Waals surface area contributed by atoms with Crippen molar-refractivity contribution in [2.75, 3.05) is 0 Å². The molecule has 7 heteroatoms. The van der Waals surface area contributed by atoms with Gasteiger partial charge in [0.05, 0.1) is 19.1 Å². The molecule has 0 unspecified atom stereocenters. The summed E-state index contributed by atoms with van der Waals surface area (Å²) >= 11 is 0. The molecule has 0 saturated heterocycles. The first-order chi connectivity index (χ1) is 11.1. The van der Waals surface area contributed by atoms with Crippen LogP contribution in [0.3, 0.4) is 0 Å². The number of nitrogens with zero attached hydrogens (tertiary/aromatic N) is 6. The Balaban J connectivity index is 1.75. The van der Waals surface area contributed by atoms with Gasteiger partial charge >= 0.3 is 0 Å². The van der Waals surface area contributed by atoms with Crippen LogP contribution in [0.25, 0.3) is 11.0 Å². The third kappa shape index (κ3) is 2.42. The number of rotatable bonds is 2. The summed E-state index contributed by atoms with van der Waals surface area (Å²) in [6.45, 7) is 2.35. The van der Waals surface area contributed by atoms with Crippen molar-refractivity contribution in [3.63, 3.8) is 0 Å². The van der Waals surface area contributed by atoms with Crippen LogP contribution in [0.15, 0.2) is 17.3 Å². The van der Waals surface area contributed by atoms with Crippen LogP contribution in [-0.2, 0) is 26.4 Å². The van der Waals surface area contributed by atoms with E-state index in [-0.39, 0.29) is 5.56 Å². The topological polar surface area (TPSA) is 78.5 Å². The van der Waals surface area contributed by atoms with Gasteiger partial charge in [-0.1, -0.05) is 0 Å². The zero-order chi connectivity index (χ0) is 16.0. The molecule has 3 heterocycles. The zero-order valence-electron chi connectivity index (χ0n) is 13.3. The van der Waals surface area contributed by atoms with E-state index in [2.05, 4.69) is 20.1 Å². The maximum absolute atomic E-state index is 12.5. The molecule has 3 aromatic rings. The molecule has 0 aromatic carbocycles. The van der Waals surface area contributed by atoms with Crippen LogP contribution in [0.5, 0.6) is 0 Å². The molecule has 0 spiro atoms. The number of hydrogen-bond acceptors (Lipinski definition) is 5. The predicted molar refractivity (Wildman–Crippen MR) is 85.3 cm³/mol. The summed E-state index contributed by atoms with van der Waals surface area (Å²) in [6.07, 6.45) is 7.71. The fourth-order valence-corrected chi connectivity index (χ4v) is 3.22. The Morgan fingerprint density at radius 2 is 2.04 bits per heavy atom. The fraction of sp³-hybridized carbons (Fsp3) is 0.438. The summed E-state index contributed by atoms with van der Waals surface area (Å²) in [4.78, 5) is 26.1. The van der Waals surface area contributed by atoms with Crippen LogP contribution in [-0.4, -0.2) is 29.3 Å². The smallest absolute Gasteiger partial charge is 0.282 e. The van der Waals surface area contributed by atoms with Crippen molar-refractivity contribution < 1.29 is 0 Å². The largest absolute Gasteiger partial charge is 0.290 e. The SMILES string of the molecule is Cc1nc(Cn2cnc3cn(C)nc3c2=O)nc2c1CCCC2. The summed E-state index contributed by atoms with van der Waals surface area (Å²) in [5.41, 5.74) is 4.28. The third-order valence-corrected chi connectivity index (χ3v) is 4.36. The second-order valence-electron chi connectivity index (χ2n) is 6.07. The Morgan fingerprint density at radius 3 is 2.91 bits per heavy atom. The van der Waals surface area contributed by atoms with E-state index in [1.165, 1.54) is 23.0 Å². The Morgan fingerprint density at radius 1 is 1.22 bits per heavy atom. The second kappa shape index (κ2) is 5.26. The highest BCUT2D eigenvalue weighted by atomic mass is 16.1. The van der Waals surface area contributed by atoms with Gasteiger partial charge in [0.25, 0.3) is 5.56 Å². The second-order valence-corrected chi connectivity index (χ2v) is 6.07. The molecule has 0 radical (unpaired) electrons. The average molecular weight is 310 g/mol. The lowest BCUT2D eigenvalue weighted by Gasteiger charge is -2.17. The molecule has 23 heavy (non-hydrogen) atoms. The Kier molecular flexibility index (Phi) is 3.21. The van der Waals surface area contributed by atoms with E-state index < -0.39 is 0 Å². The van der Waals surface area contributed by atoms with Gasteiger partial charge in [-0.2, -0.15) is 5.10 Å². The third-order valence-electron chi connectivity index (χ3n) is 4.36. The maximum Gasteiger partial charge on any atom is 0.282 e. The van der Waals surface area contributed by atoms with E-state index >= 15 is 0 Å². The van der Waals surface area contributed by atoms with Gasteiger partial charge < -0.3 is 0 Å². The highest BCUT2D eigenvalue weighted by Gasteiger charge is 2.16. The summed E-state index contributed by atoms with van der Waals surface area (Å²) in [5.74, 6) is 0.669. The van der Waals surface area contributed by atoms with Crippen LogP contribution < -0.4 is 5.56 Å². The van der Waals surface area contributed by atoms with E-state index in [0.29, 0.717) is 23.4 Å². The lowest BCUT2D eigenvalue weighted by atomic mass is 9.95. The van der Waals surface area contributed by atoms with Crippen molar-refractivity contribution >= 4 is 11.0 Å². The predicted octanol–water partition coefficient (Wildman–Crippen LogP) is 1.16. The molecule has 1 aliphatic carbocycles. The van der Waals surface area contributed by atoms with Crippen molar-refractivity contribution in [2.45, 2.75) is 39.2 Å². The highest BCUT2D eigenvalue weighted by molar-refractivity contribution is 5.71. The van der Waals surface area contributed by atoms with Gasteiger partial charge in [-0.05, 0) is 38.2 Å². The molecule has 0 bridgehead atoms. The molecule has 0 amide bonds. The first-order valence-electron chi connectivity index (χ1n) is 7.86. The molecule has 0 N–H and O–H groups in total. The van der Waals surface area contributed by atoms with E-state index in [1.54, 1.807) is 24.3 Å². The molecule has 3 aromatic heterocycles. The number of aryl methyl sites for hydroxylation is 3. The quantitative estimate of drug-likeness (QED) is 0.709. The van der Waals surface area contributed by atoms with Gasteiger partial charge in [0.15, 0.2) is 5.52 Å². The molecule has 118 valence electrons. The summed E-state index contributed by atoms with van der Waals surface area (Å²) in [5, 5.41) is 4.18. The van der Waals surface area contributed by atoms with Crippen LogP contribution in [0.1, 0.15) is 35.6 Å². The summed E-state index contributed by atoms with van der Waals surface area (Å²) in [6, 6.07) is 0. The molecule has 0 atom stereocenters. The summed E-state index contributed by atoms with van der Waals surface area (Å²) < 4.78 is 3.13. The maximum atomic E-state index is 12.5. The number of aromatic nitrogens is 6. The minimum atomic E-state index is -0.158. The Bertz CT molecular complexity index is 955. The molecule has 7 nitrogen and oxygen atoms in total. The monoisotopic (exact) mass is 310 g/mol. The summed E-state index contributed by atoms with van der Waals surface area (Å²) in [7, 11) is 1.78. The molecule has 0 aliphatic heterocycles. The fourth-order valence-electron chi connectivity index (χ4n) is 3.22. The molecule has 0 fully saturated rings. The van der Waals surface area contributed by atoms with Crippen molar-refractivity contribution in [3.8, 4) is 0 Å². The molecule has 0 saturated carbocycles. The minimum absolute atomic E-state index is 0.158. The lowest BCUT2D eigenvalue weighted by Crippen LogP contribution is -2.23. The van der Waals surface area contributed by atoms with E-state index in [9.17, 15) is 4.79 Å². The minimum Gasteiger partial charge on any atom is -0.290 e. The average Bonchev–Trinajstić information content (AvgIpc) is 2.92. The standard InChI is InChI=1S/C16H18N6O/c1-10-11-5-3-4-6-12(11)19-14(18-10)8-22-9-17-13-7-21(2)20-15(13)16(22)23/h7,9H,3-6,8H2,1-2H3. The number of fused-ring (bicyclic) bond motifs is 2. The normalized spacial score (nSPS) is 14.2.